The number of rotatable bonds is 3. The second kappa shape index (κ2) is 4.45. The summed E-state index contributed by atoms with van der Waals surface area (Å²) < 4.78 is 5.65. The summed E-state index contributed by atoms with van der Waals surface area (Å²) in [6, 6.07) is 0. The summed E-state index contributed by atoms with van der Waals surface area (Å²) in [6.07, 6.45) is 4.14. The highest BCUT2D eigenvalue weighted by atomic mass is 16.5. The van der Waals surface area contributed by atoms with Gasteiger partial charge in [0.25, 0.3) is 0 Å². The van der Waals surface area contributed by atoms with Gasteiger partial charge in [0, 0.05) is 13.2 Å². The van der Waals surface area contributed by atoms with Crippen LogP contribution in [0.15, 0.2) is 0 Å². The summed E-state index contributed by atoms with van der Waals surface area (Å²) in [5.74, 6) is 0.298. The van der Waals surface area contributed by atoms with Gasteiger partial charge >= 0.3 is 0 Å². The largest absolute Gasteiger partial charge is 0.376 e. The Bertz CT molecular complexity index is 438. The van der Waals surface area contributed by atoms with Crippen LogP contribution in [-0.2, 0) is 14.3 Å². The van der Waals surface area contributed by atoms with E-state index in [0.29, 0.717) is 12.5 Å². The minimum Gasteiger partial charge on any atom is -0.376 e. The van der Waals surface area contributed by atoms with Crippen LogP contribution in [0.25, 0.3) is 0 Å². The zero-order chi connectivity index (χ0) is 14.5. The normalized spacial score (nSPS) is 37.1. The molecule has 3 rings (SSSR count). The van der Waals surface area contributed by atoms with Crippen molar-refractivity contribution >= 4 is 11.8 Å². The molecule has 1 N–H and O–H groups in total. The average Bonchev–Trinajstić information content (AvgIpc) is 3.12. The van der Waals surface area contributed by atoms with Crippen LogP contribution in [0.2, 0.25) is 0 Å². The lowest BCUT2D eigenvalue weighted by Crippen LogP contribution is -2.74. The first kappa shape index (κ1) is 13.9. The predicted molar refractivity (Wildman–Crippen MR) is 74.0 cm³/mol. The molecule has 5 heteroatoms. The lowest BCUT2D eigenvalue weighted by Gasteiger charge is -2.49. The van der Waals surface area contributed by atoms with E-state index in [2.05, 4.69) is 5.32 Å². The Morgan fingerprint density at radius 2 is 1.95 bits per heavy atom. The summed E-state index contributed by atoms with van der Waals surface area (Å²) in [5, 5.41) is 2.98. The van der Waals surface area contributed by atoms with Crippen LogP contribution in [0, 0.1) is 5.92 Å². The highest BCUT2D eigenvalue weighted by molar-refractivity contribution is 6.02. The fourth-order valence-electron chi connectivity index (χ4n) is 3.34. The van der Waals surface area contributed by atoms with Crippen LogP contribution in [-0.4, -0.2) is 47.0 Å². The van der Waals surface area contributed by atoms with Crippen molar-refractivity contribution in [1.29, 1.82) is 0 Å². The molecule has 0 spiro atoms. The number of amides is 2. The number of hydrogen-bond donors (Lipinski definition) is 1. The smallest absolute Gasteiger partial charge is 0.249 e. The molecule has 3 aliphatic rings. The van der Waals surface area contributed by atoms with Crippen molar-refractivity contribution in [2.45, 2.75) is 63.6 Å². The monoisotopic (exact) mass is 280 g/mol. The summed E-state index contributed by atoms with van der Waals surface area (Å²) in [4.78, 5) is 27.1. The van der Waals surface area contributed by atoms with Gasteiger partial charge in [-0.15, -0.1) is 0 Å². The molecule has 20 heavy (non-hydrogen) atoms. The minimum absolute atomic E-state index is 0.0514. The second-order valence-corrected chi connectivity index (χ2v) is 7.04. The van der Waals surface area contributed by atoms with E-state index in [9.17, 15) is 9.59 Å². The fraction of sp³-hybridized carbons (Fsp3) is 0.867. The van der Waals surface area contributed by atoms with Crippen LogP contribution in [0.4, 0.5) is 0 Å². The minimum atomic E-state index is -0.794. The third-order valence-electron chi connectivity index (χ3n) is 5.10. The molecule has 0 radical (unpaired) electrons. The van der Waals surface area contributed by atoms with Crippen LogP contribution >= 0.6 is 0 Å². The Balaban J connectivity index is 1.85. The van der Waals surface area contributed by atoms with Gasteiger partial charge in [0.05, 0.1) is 6.10 Å². The van der Waals surface area contributed by atoms with Crippen molar-refractivity contribution in [2.75, 3.05) is 13.2 Å². The van der Waals surface area contributed by atoms with Crippen LogP contribution in [0.5, 0.6) is 0 Å². The predicted octanol–water partition coefficient (Wildman–Crippen LogP) is 1.07. The van der Waals surface area contributed by atoms with Crippen LogP contribution in [0.3, 0.4) is 0 Å². The maximum atomic E-state index is 12.9. The molecule has 3 fully saturated rings. The van der Waals surface area contributed by atoms with E-state index in [-0.39, 0.29) is 17.9 Å². The Labute approximate surface area is 120 Å². The highest BCUT2D eigenvalue weighted by Gasteiger charge is 2.58. The Hall–Kier alpha value is -1.10. The van der Waals surface area contributed by atoms with Crippen molar-refractivity contribution in [1.82, 2.24) is 10.2 Å². The zero-order valence-electron chi connectivity index (χ0n) is 12.6. The first-order valence-corrected chi connectivity index (χ1v) is 7.62. The Kier molecular flexibility index (Phi) is 3.08. The molecule has 5 nitrogen and oxygen atoms in total. The van der Waals surface area contributed by atoms with Crippen molar-refractivity contribution in [3.05, 3.63) is 0 Å². The van der Waals surface area contributed by atoms with Gasteiger partial charge in [0.2, 0.25) is 11.8 Å². The van der Waals surface area contributed by atoms with Crippen molar-refractivity contribution in [2.24, 2.45) is 5.92 Å². The molecule has 2 amide bonds. The number of nitrogens with one attached hydrogen (secondary N) is 1. The van der Waals surface area contributed by atoms with Gasteiger partial charge < -0.3 is 15.0 Å². The van der Waals surface area contributed by atoms with Crippen molar-refractivity contribution in [3.8, 4) is 0 Å². The van der Waals surface area contributed by atoms with E-state index in [4.69, 9.17) is 4.74 Å². The maximum Gasteiger partial charge on any atom is 0.249 e. The molecular formula is C15H24N2O3. The summed E-state index contributed by atoms with van der Waals surface area (Å²) in [6.45, 7) is 6.81. The van der Waals surface area contributed by atoms with E-state index >= 15 is 0 Å². The van der Waals surface area contributed by atoms with E-state index in [1.54, 1.807) is 4.90 Å². The molecule has 2 unspecified atom stereocenters. The standard InChI is InChI=1S/C15H24N2O3/c1-14(2)12(18)16-15(3,10-6-7-10)13(19)17(14)9-11-5-4-8-20-11/h10-11H,4-9H2,1-3H3,(H,16,18). The molecule has 0 aromatic rings. The van der Waals surface area contributed by atoms with Gasteiger partial charge in [-0.25, -0.2) is 0 Å². The van der Waals surface area contributed by atoms with Crippen LogP contribution in [0.1, 0.15) is 46.5 Å². The summed E-state index contributed by atoms with van der Waals surface area (Å²) in [5.41, 5.74) is -1.51. The highest BCUT2D eigenvalue weighted by Crippen LogP contribution is 2.43. The molecule has 112 valence electrons. The first-order chi connectivity index (χ1) is 9.35. The number of carbonyl (C=O) groups excluding carboxylic acids is 2. The number of carbonyl (C=O) groups is 2. The first-order valence-electron chi connectivity index (χ1n) is 7.62. The Morgan fingerprint density at radius 1 is 1.25 bits per heavy atom. The maximum absolute atomic E-state index is 12.9. The third kappa shape index (κ3) is 2.03. The van der Waals surface area contributed by atoms with Crippen molar-refractivity contribution < 1.29 is 14.3 Å². The third-order valence-corrected chi connectivity index (χ3v) is 5.10. The van der Waals surface area contributed by atoms with E-state index < -0.39 is 11.1 Å². The average molecular weight is 280 g/mol. The number of piperazine rings is 1. The molecular weight excluding hydrogens is 256 g/mol. The lowest BCUT2D eigenvalue weighted by atomic mass is 9.84. The topological polar surface area (TPSA) is 58.6 Å². The Morgan fingerprint density at radius 3 is 2.50 bits per heavy atom. The van der Waals surface area contributed by atoms with Gasteiger partial charge in [-0.05, 0) is 52.4 Å². The second-order valence-electron chi connectivity index (χ2n) is 7.04. The zero-order valence-corrected chi connectivity index (χ0v) is 12.6. The van der Waals surface area contributed by atoms with Crippen LogP contribution < -0.4 is 5.32 Å². The number of hydrogen-bond acceptors (Lipinski definition) is 3. The molecule has 2 aliphatic heterocycles. The SMILES string of the molecule is CC1(C2CC2)NC(=O)C(C)(C)N(CC2CCCO2)C1=O. The number of ether oxygens (including phenoxy) is 1. The summed E-state index contributed by atoms with van der Waals surface area (Å²) >= 11 is 0. The van der Waals surface area contributed by atoms with Gasteiger partial charge in [0.15, 0.2) is 0 Å². The fourth-order valence-corrected chi connectivity index (χ4v) is 3.34. The van der Waals surface area contributed by atoms with Gasteiger partial charge in [-0.2, -0.15) is 0 Å². The molecule has 0 aromatic heterocycles. The van der Waals surface area contributed by atoms with Gasteiger partial charge in [-0.3, -0.25) is 9.59 Å². The van der Waals surface area contributed by atoms with E-state index in [0.717, 1.165) is 32.3 Å². The number of nitrogens with zero attached hydrogens (tertiary/aromatic N) is 1. The molecule has 1 saturated carbocycles. The molecule has 1 aliphatic carbocycles. The molecule has 2 saturated heterocycles. The van der Waals surface area contributed by atoms with Crippen molar-refractivity contribution in [3.63, 3.8) is 0 Å². The van der Waals surface area contributed by atoms with E-state index in [1.807, 2.05) is 20.8 Å². The van der Waals surface area contributed by atoms with Gasteiger partial charge in [0.1, 0.15) is 11.1 Å². The summed E-state index contributed by atoms with van der Waals surface area (Å²) in [7, 11) is 0. The molecule has 0 aromatic carbocycles. The van der Waals surface area contributed by atoms with E-state index in [1.165, 1.54) is 0 Å². The molecule has 2 heterocycles. The lowest BCUT2D eigenvalue weighted by molar-refractivity contribution is -0.163. The quantitative estimate of drug-likeness (QED) is 0.841. The van der Waals surface area contributed by atoms with Gasteiger partial charge in [-0.1, -0.05) is 0 Å². The molecule has 2 atom stereocenters. The molecule has 0 bridgehead atoms.